The summed E-state index contributed by atoms with van der Waals surface area (Å²) < 4.78 is 6.03. The van der Waals surface area contributed by atoms with Gasteiger partial charge in [0.05, 0.1) is 6.61 Å². The molecule has 4 nitrogen and oxygen atoms in total. The minimum atomic E-state index is 0.200. The molecule has 1 aromatic rings. The van der Waals surface area contributed by atoms with Gasteiger partial charge in [0, 0.05) is 18.0 Å². The molecule has 0 unspecified atom stereocenters. The number of hydrogen-bond acceptors (Lipinski definition) is 3. The van der Waals surface area contributed by atoms with E-state index in [1.54, 1.807) is 0 Å². The molecule has 1 aliphatic heterocycles. The van der Waals surface area contributed by atoms with Gasteiger partial charge in [0.1, 0.15) is 5.75 Å². The van der Waals surface area contributed by atoms with E-state index in [4.69, 9.17) is 4.74 Å². The number of unbranched alkanes of at least 4 members (excludes halogenated alkanes) is 1. The standard InChI is InChI=1S/C23H36N2O2/c26-23(20-11-3-1-2-4-12-20)24-19-21-13-5-6-14-22(21)27-18-10-9-17-25-15-7-8-16-25/h5-6,13-14,20H,1-4,7-12,15-19H2,(H,24,26). The van der Waals surface area contributed by atoms with Gasteiger partial charge >= 0.3 is 0 Å². The van der Waals surface area contributed by atoms with Crippen LogP contribution < -0.4 is 10.1 Å². The maximum Gasteiger partial charge on any atom is 0.223 e. The molecule has 0 atom stereocenters. The number of likely N-dealkylation sites (tertiary alicyclic amines) is 1. The lowest BCUT2D eigenvalue weighted by atomic mass is 9.99. The lowest BCUT2D eigenvalue weighted by Crippen LogP contribution is -2.30. The molecular formula is C23H36N2O2. The maximum absolute atomic E-state index is 12.5. The zero-order valence-corrected chi connectivity index (χ0v) is 16.8. The molecule has 1 saturated heterocycles. The van der Waals surface area contributed by atoms with E-state index >= 15 is 0 Å². The Labute approximate surface area is 164 Å². The van der Waals surface area contributed by atoms with E-state index < -0.39 is 0 Å². The van der Waals surface area contributed by atoms with Gasteiger partial charge in [-0.05, 0) is 64.2 Å². The molecule has 1 amide bonds. The summed E-state index contributed by atoms with van der Waals surface area (Å²) in [5, 5.41) is 3.15. The van der Waals surface area contributed by atoms with Crippen LogP contribution >= 0.6 is 0 Å². The SMILES string of the molecule is O=C(NCc1ccccc1OCCCCN1CCCC1)C1CCCCCC1. The van der Waals surface area contributed by atoms with Crippen LogP contribution in [0.25, 0.3) is 0 Å². The van der Waals surface area contributed by atoms with Crippen LogP contribution in [0.1, 0.15) is 69.8 Å². The van der Waals surface area contributed by atoms with Gasteiger partial charge in [0.25, 0.3) is 0 Å². The highest BCUT2D eigenvalue weighted by atomic mass is 16.5. The predicted octanol–water partition coefficient (Wildman–Crippen LogP) is 4.53. The van der Waals surface area contributed by atoms with E-state index in [2.05, 4.69) is 16.3 Å². The number of ether oxygens (including phenoxy) is 1. The molecule has 4 heteroatoms. The first-order chi connectivity index (χ1) is 13.3. The first-order valence-electron chi connectivity index (χ1n) is 11.0. The van der Waals surface area contributed by atoms with E-state index in [0.29, 0.717) is 6.54 Å². The Morgan fingerprint density at radius 1 is 1.00 bits per heavy atom. The Morgan fingerprint density at radius 3 is 2.52 bits per heavy atom. The molecule has 1 heterocycles. The summed E-state index contributed by atoms with van der Waals surface area (Å²) in [5.74, 6) is 1.34. The summed E-state index contributed by atoms with van der Waals surface area (Å²) in [6.45, 7) is 5.05. The van der Waals surface area contributed by atoms with Crippen molar-refractivity contribution in [1.29, 1.82) is 0 Å². The number of para-hydroxylation sites is 1. The van der Waals surface area contributed by atoms with Crippen LogP contribution in [-0.2, 0) is 11.3 Å². The molecule has 1 aromatic carbocycles. The van der Waals surface area contributed by atoms with Crippen molar-refractivity contribution in [1.82, 2.24) is 10.2 Å². The smallest absolute Gasteiger partial charge is 0.223 e. The van der Waals surface area contributed by atoms with Crippen LogP contribution in [-0.4, -0.2) is 37.0 Å². The van der Waals surface area contributed by atoms with E-state index in [9.17, 15) is 4.79 Å². The lowest BCUT2D eigenvalue weighted by Gasteiger charge is -2.16. The van der Waals surface area contributed by atoms with Crippen LogP contribution in [0.4, 0.5) is 0 Å². The zero-order valence-electron chi connectivity index (χ0n) is 16.8. The minimum Gasteiger partial charge on any atom is -0.493 e. The van der Waals surface area contributed by atoms with Crippen LogP contribution in [0, 0.1) is 5.92 Å². The molecule has 3 rings (SSSR count). The molecular weight excluding hydrogens is 336 g/mol. The fourth-order valence-corrected chi connectivity index (χ4v) is 4.28. The average molecular weight is 373 g/mol. The third kappa shape index (κ3) is 6.84. The number of benzene rings is 1. The number of nitrogens with zero attached hydrogens (tertiary/aromatic N) is 1. The van der Waals surface area contributed by atoms with Crippen molar-refractivity contribution in [3.63, 3.8) is 0 Å². The largest absolute Gasteiger partial charge is 0.493 e. The van der Waals surface area contributed by atoms with Gasteiger partial charge in [-0.1, -0.05) is 43.9 Å². The van der Waals surface area contributed by atoms with Crippen molar-refractivity contribution >= 4 is 5.91 Å². The second-order valence-electron chi connectivity index (χ2n) is 8.12. The van der Waals surface area contributed by atoms with Crippen molar-refractivity contribution < 1.29 is 9.53 Å². The Hall–Kier alpha value is -1.55. The second kappa shape index (κ2) is 11.3. The van der Waals surface area contributed by atoms with Gasteiger partial charge in [-0.3, -0.25) is 4.79 Å². The Kier molecular flexibility index (Phi) is 8.47. The van der Waals surface area contributed by atoms with Gasteiger partial charge in [-0.25, -0.2) is 0 Å². The molecule has 0 spiro atoms. The topological polar surface area (TPSA) is 41.6 Å². The summed E-state index contributed by atoms with van der Waals surface area (Å²) in [6.07, 6.45) is 12.0. The molecule has 150 valence electrons. The van der Waals surface area contributed by atoms with Crippen LogP contribution in [0.3, 0.4) is 0 Å². The monoisotopic (exact) mass is 372 g/mol. The first-order valence-corrected chi connectivity index (χ1v) is 11.0. The van der Waals surface area contributed by atoms with Crippen molar-refractivity contribution in [2.75, 3.05) is 26.2 Å². The number of carbonyl (C=O) groups is 1. The van der Waals surface area contributed by atoms with Gasteiger partial charge < -0.3 is 15.0 Å². The summed E-state index contributed by atoms with van der Waals surface area (Å²) >= 11 is 0. The third-order valence-electron chi connectivity index (χ3n) is 5.98. The zero-order chi connectivity index (χ0) is 18.7. The number of hydrogen-bond donors (Lipinski definition) is 1. The molecule has 0 aromatic heterocycles. The van der Waals surface area contributed by atoms with E-state index in [-0.39, 0.29) is 11.8 Å². The van der Waals surface area contributed by atoms with Gasteiger partial charge in [-0.2, -0.15) is 0 Å². The van der Waals surface area contributed by atoms with Crippen molar-refractivity contribution in [2.45, 2.75) is 70.8 Å². The Bertz CT molecular complexity index is 561. The second-order valence-corrected chi connectivity index (χ2v) is 8.12. The number of rotatable bonds is 9. The molecule has 2 fully saturated rings. The van der Waals surface area contributed by atoms with Crippen LogP contribution in [0.5, 0.6) is 5.75 Å². The maximum atomic E-state index is 12.5. The highest BCUT2D eigenvalue weighted by Crippen LogP contribution is 2.24. The minimum absolute atomic E-state index is 0.200. The van der Waals surface area contributed by atoms with Crippen LogP contribution in [0.2, 0.25) is 0 Å². The van der Waals surface area contributed by atoms with Gasteiger partial charge in [-0.15, -0.1) is 0 Å². The van der Waals surface area contributed by atoms with E-state index in [0.717, 1.165) is 37.2 Å². The molecule has 1 aliphatic carbocycles. The molecule has 0 radical (unpaired) electrons. The fourth-order valence-electron chi connectivity index (χ4n) is 4.28. The molecule has 27 heavy (non-hydrogen) atoms. The van der Waals surface area contributed by atoms with E-state index in [1.807, 2.05) is 18.2 Å². The Balaban J connectivity index is 1.39. The van der Waals surface area contributed by atoms with E-state index in [1.165, 1.54) is 64.6 Å². The highest BCUT2D eigenvalue weighted by Gasteiger charge is 2.20. The molecule has 1 saturated carbocycles. The highest BCUT2D eigenvalue weighted by molar-refractivity contribution is 5.78. The average Bonchev–Trinajstić information content (AvgIpc) is 3.06. The first kappa shape index (κ1) is 20.2. The van der Waals surface area contributed by atoms with Gasteiger partial charge in [0.15, 0.2) is 0 Å². The summed E-state index contributed by atoms with van der Waals surface area (Å²) in [5.41, 5.74) is 1.08. The lowest BCUT2D eigenvalue weighted by molar-refractivity contribution is -0.125. The molecule has 0 bridgehead atoms. The quantitative estimate of drug-likeness (QED) is 0.511. The normalized spacial score (nSPS) is 19.0. The number of carbonyl (C=O) groups excluding carboxylic acids is 1. The molecule has 1 N–H and O–H groups in total. The Morgan fingerprint density at radius 2 is 1.74 bits per heavy atom. The number of amides is 1. The summed E-state index contributed by atoms with van der Waals surface area (Å²) in [4.78, 5) is 15.1. The summed E-state index contributed by atoms with van der Waals surface area (Å²) in [6, 6.07) is 8.12. The van der Waals surface area contributed by atoms with Gasteiger partial charge in [0.2, 0.25) is 5.91 Å². The summed E-state index contributed by atoms with van der Waals surface area (Å²) in [7, 11) is 0. The van der Waals surface area contributed by atoms with Crippen LogP contribution in [0.15, 0.2) is 24.3 Å². The van der Waals surface area contributed by atoms with Crippen molar-refractivity contribution in [3.8, 4) is 5.75 Å². The third-order valence-corrected chi connectivity index (χ3v) is 5.98. The van der Waals surface area contributed by atoms with Crippen molar-refractivity contribution in [2.24, 2.45) is 5.92 Å². The number of nitrogens with one attached hydrogen (secondary N) is 1. The van der Waals surface area contributed by atoms with Crippen molar-refractivity contribution in [3.05, 3.63) is 29.8 Å². The molecule has 2 aliphatic rings. The fraction of sp³-hybridized carbons (Fsp3) is 0.696. The predicted molar refractivity (Wildman–Crippen MR) is 110 cm³/mol.